The number of hydrogen-bond donors (Lipinski definition) is 0. The lowest BCUT2D eigenvalue weighted by Crippen LogP contribution is -2.30. The van der Waals surface area contributed by atoms with Gasteiger partial charge in [-0.15, -0.1) is 0 Å². The maximum atomic E-state index is 12.6. The van der Waals surface area contributed by atoms with Crippen LogP contribution in [0.25, 0.3) is 0 Å². The summed E-state index contributed by atoms with van der Waals surface area (Å²) < 4.78 is 16.6. The molecule has 0 aromatic heterocycles. The third kappa shape index (κ3) is 40.4. The Hall–Kier alpha value is -1.59. The monoisotopic (exact) mass is 779 g/mol. The van der Waals surface area contributed by atoms with Crippen LogP contribution >= 0.6 is 0 Å². The Balaban J connectivity index is 4.03. The van der Waals surface area contributed by atoms with Crippen LogP contribution in [0.1, 0.15) is 266 Å². The van der Waals surface area contributed by atoms with Gasteiger partial charge in [0.05, 0.1) is 0 Å². The van der Waals surface area contributed by atoms with Gasteiger partial charge in [0.15, 0.2) is 6.10 Å². The van der Waals surface area contributed by atoms with Gasteiger partial charge < -0.3 is 14.2 Å². The molecule has 55 heavy (non-hydrogen) atoms. The molecular weight excluding hydrogens is 685 g/mol. The zero-order chi connectivity index (χ0) is 40.5. The molecule has 0 aliphatic heterocycles. The van der Waals surface area contributed by atoms with Gasteiger partial charge in [-0.1, -0.05) is 227 Å². The Morgan fingerprint density at radius 3 is 0.945 bits per heavy atom. The largest absolute Gasteiger partial charge is 0.462 e. The van der Waals surface area contributed by atoms with Crippen LogP contribution in [0, 0.1) is 11.8 Å². The molecule has 0 aromatic rings. The minimum absolute atomic E-state index is 0.0662. The normalized spacial score (nSPS) is 13.0. The van der Waals surface area contributed by atoms with Crippen molar-refractivity contribution in [2.75, 3.05) is 13.2 Å². The molecule has 0 N–H and O–H groups in total. The maximum absolute atomic E-state index is 12.6. The van der Waals surface area contributed by atoms with Gasteiger partial charge in [-0.05, 0) is 31.1 Å². The lowest BCUT2D eigenvalue weighted by molar-refractivity contribution is -0.167. The zero-order valence-corrected chi connectivity index (χ0v) is 37.6. The van der Waals surface area contributed by atoms with E-state index in [-0.39, 0.29) is 31.1 Å². The van der Waals surface area contributed by atoms with Crippen LogP contribution < -0.4 is 0 Å². The molecule has 0 spiro atoms. The summed E-state index contributed by atoms with van der Waals surface area (Å²) in [5.74, 6) is 0.848. The van der Waals surface area contributed by atoms with E-state index in [9.17, 15) is 14.4 Å². The van der Waals surface area contributed by atoms with Crippen molar-refractivity contribution in [1.29, 1.82) is 0 Å². The summed E-state index contributed by atoms with van der Waals surface area (Å²) in [4.78, 5) is 37.5. The molecule has 0 rings (SSSR count). The highest BCUT2D eigenvalue weighted by Crippen LogP contribution is 2.18. The van der Waals surface area contributed by atoms with Crippen LogP contribution in [0.4, 0.5) is 0 Å². The average molecular weight is 779 g/mol. The van der Waals surface area contributed by atoms with Crippen molar-refractivity contribution in [3.8, 4) is 0 Å². The number of carbonyl (C=O) groups excluding carboxylic acids is 3. The standard InChI is InChI=1S/C49H94O6/c1-6-9-10-27-34-39-47(50)53-42-46(55-49(52)41-36-31-26-25-29-33-38-45(5)8-3)43-54-48(51)40-35-30-24-22-20-18-16-14-12-11-13-15-17-19-21-23-28-32-37-44(4)7-2/h44-46H,6-43H2,1-5H3/t44?,45?,46-/m0/s1. The molecule has 0 amide bonds. The number of hydrogen-bond acceptors (Lipinski definition) is 6. The fourth-order valence-corrected chi connectivity index (χ4v) is 7.22. The first kappa shape index (κ1) is 53.4. The van der Waals surface area contributed by atoms with Gasteiger partial charge >= 0.3 is 17.9 Å². The van der Waals surface area contributed by atoms with E-state index in [1.54, 1.807) is 0 Å². The molecule has 0 bridgehead atoms. The zero-order valence-electron chi connectivity index (χ0n) is 37.6. The van der Waals surface area contributed by atoms with Crippen molar-refractivity contribution in [2.45, 2.75) is 272 Å². The van der Waals surface area contributed by atoms with E-state index in [0.29, 0.717) is 19.3 Å². The highest BCUT2D eigenvalue weighted by molar-refractivity contribution is 5.71. The van der Waals surface area contributed by atoms with Crippen LogP contribution in [-0.2, 0) is 28.6 Å². The van der Waals surface area contributed by atoms with Crippen molar-refractivity contribution < 1.29 is 28.6 Å². The van der Waals surface area contributed by atoms with Gasteiger partial charge in [0, 0.05) is 19.3 Å². The number of unbranched alkanes of at least 4 members (excludes halogenated alkanes) is 26. The van der Waals surface area contributed by atoms with Crippen molar-refractivity contribution in [1.82, 2.24) is 0 Å². The summed E-state index contributed by atoms with van der Waals surface area (Å²) in [6.45, 7) is 11.3. The molecule has 0 saturated carbocycles. The Labute approximate surface area is 342 Å². The number of esters is 3. The van der Waals surface area contributed by atoms with Crippen molar-refractivity contribution in [3.05, 3.63) is 0 Å². The van der Waals surface area contributed by atoms with Crippen LogP contribution in [0.15, 0.2) is 0 Å². The highest BCUT2D eigenvalue weighted by atomic mass is 16.6. The predicted molar refractivity (Wildman–Crippen MR) is 233 cm³/mol. The van der Waals surface area contributed by atoms with E-state index >= 15 is 0 Å². The van der Waals surface area contributed by atoms with Crippen LogP contribution in [0.5, 0.6) is 0 Å². The molecule has 6 heteroatoms. The van der Waals surface area contributed by atoms with Gasteiger partial charge in [0.2, 0.25) is 0 Å². The molecule has 0 aromatic carbocycles. The van der Waals surface area contributed by atoms with Crippen LogP contribution in [-0.4, -0.2) is 37.2 Å². The predicted octanol–water partition coefficient (Wildman–Crippen LogP) is 15.4. The minimum atomic E-state index is -0.759. The van der Waals surface area contributed by atoms with Gasteiger partial charge in [0.1, 0.15) is 13.2 Å². The first-order valence-electron chi connectivity index (χ1n) is 24.3. The Morgan fingerprint density at radius 1 is 0.364 bits per heavy atom. The van der Waals surface area contributed by atoms with E-state index in [1.165, 1.54) is 148 Å². The molecule has 0 fully saturated rings. The number of ether oxygens (including phenoxy) is 3. The third-order valence-electron chi connectivity index (χ3n) is 11.7. The lowest BCUT2D eigenvalue weighted by atomic mass is 9.99. The highest BCUT2D eigenvalue weighted by Gasteiger charge is 2.19. The molecule has 3 atom stereocenters. The molecule has 0 heterocycles. The quantitative estimate of drug-likeness (QED) is 0.0348. The van der Waals surface area contributed by atoms with E-state index in [4.69, 9.17) is 14.2 Å². The molecule has 0 aliphatic carbocycles. The van der Waals surface area contributed by atoms with Gasteiger partial charge in [-0.2, -0.15) is 0 Å². The third-order valence-corrected chi connectivity index (χ3v) is 11.7. The first-order valence-corrected chi connectivity index (χ1v) is 24.3. The topological polar surface area (TPSA) is 78.9 Å². The van der Waals surface area contributed by atoms with Crippen LogP contribution in [0.2, 0.25) is 0 Å². The summed E-state index contributed by atoms with van der Waals surface area (Å²) >= 11 is 0. The number of rotatable bonds is 43. The second-order valence-corrected chi connectivity index (χ2v) is 17.2. The SMILES string of the molecule is CCCCCCCC(=O)OC[C@@H](COC(=O)CCCCCCCCCCCCCCCCCCCCC(C)CC)OC(=O)CCCCCCCCC(C)CC. The molecule has 326 valence electrons. The fraction of sp³-hybridized carbons (Fsp3) is 0.939. The average Bonchev–Trinajstić information content (AvgIpc) is 3.18. The molecular formula is C49H94O6. The minimum Gasteiger partial charge on any atom is -0.462 e. The van der Waals surface area contributed by atoms with Crippen molar-refractivity contribution >= 4 is 17.9 Å². The van der Waals surface area contributed by atoms with E-state index in [1.807, 2.05) is 0 Å². The summed E-state index contributed by atoms with van der Waals surface area (Å²) in [5, 5.41) is 0. The van der Waals surface area contributed by atoms with Crippen molar-refractivity contribution in [2.24, 2.45) is 11.8 Å². The maximum Gasteiger partial charge on any atom is 0.306 e. The van der Waals surface area contributed by atoms with E-state index in [2.05, 4.69) is 34.6 Å². The summed E-state index contributed by atoms with van der Waals surface area (Å²) in [6, 6.07) is 0. The fourth-order valence-electron chi connectivity index (χ4n) is 7.22. The summed E-state index contributed by atoms with van der Waals surface area (Å²) in [7, 11) is 0. The first-order chi connectivity index (χ1) is 26.8. The summed E-state index contributed by atoms with van der Waals surface area (Å²) in [5.41, 5.74) is 0. The summed E-state index contributed by atoms with van der Waals surface area (Å²) in [6.07, 6.45) is 41.3. The molecule has 0 radical (unpaired) electrons. The molecule has 6 nitrogen and oxygen atoms in total. The lowest BCUT2D eigenvalue weighted by Gasteiger charge is -2.18. The Kier molecular flexibility index (Phi) is 40.8. The van der Waals surface area contributed by atoms with E-state index < -0.39 is 6.10 Å². The molecule has 0 saturated heterocycles. The number of carbonyl (C=O) groups is 3. The van der Waals surface area contributed by atoms with Gasteiger partial charge in [0.25, 0.3) is 0 Å². The van der Waals surface area contributed by atoms with Gasteiger partial charge in [-0.25, -0.2) is 0 Å². The molecule has 2 unspecified atom stereocenters. The van der Waals surface area contributed by atoms with Crippen LogP contribution in [0.3, 0.4) is 0 Å². The Morgan fingerprint density at radius 2 is 0.636 bits per heavy atom. The second-order valence-electron chi connectivity index (χ2n) is 17.2. The van der Waals surface area contributed by atoms with E-state index in [0.717, 1.165) is 76.0 Å². The second kappa shape index (κ2) is 42.0. The van der Waals surface area contributed by atoms with Crippen molar-refractivity contribution in [3.63, 3.8) is 0 Å². The molecule has 0 aliphatic rings. The smallest absolute Gasteiger partial charge is 0.306 e. The van der Waals surface area contributed by atoms with Gasteiger partial charge in [-0.3, -0.25) is 14.4 Å². The Bertz CT molecular complexity index is 843.